The molecule has 2 unspecified atom stereocenters. The van der Waals surface area contributed by atoms with E-state index in [4.69, 9.17) is 0 Å². The monoisotopic (exact) mass is 224 g/mol. The zero-order valence-electron chi connectivity index (χ0n) is 9.83. The normalized spacial score (nSPS) is 16.6. The third-order valence-corrected chi connectivity index (χ3v) is 1.94. The molecular weight excluding hydrogens is 207 g/mol. The third kappa shape index (κ3) is 5.45. The Morgan fingerprint density at radius 1 is 1.56 bits per heavy atom. The number of hydrogen-bond acceptors (Lipinski definition) is 5. The lowest BCUT2D eigenvalue weighted by atomic mass is 10.1. The molecule has 0 rings (SSSR count). The van der Waals surface area contributed by atoms with Crippen LogP contribution in [0.1, 0.15) is 20.3 Å². The van der Waals surface area contributed by atoms with Crippen LogP contribution in [0.25, 0.3) is 0 Å². The predicted octanol–water partition coefficient (Wildman–Crippen LogP) is -0.108. The lowest BCUT2D eigenvalue weighted by Crippen LogP contribution is -2.26. The van der Waals surface area contributed by atoms with Gasteiger partial charge in [-0.15, -0.1) is 0 Å². The van der Waals surface area contributed by atoms with Gasteiger partial charge in [-0.3, -0.25) is 9.98 Å². The van der Waals surface area contributed by atoms with Crippen LogP contribution in [0.4, 0.5) is 0 Å². The van der Waals surface area contributed by atoms with E-state index in [0.29, 0.717) is 12.7 Å². The van der Waals surface area contributed by atoms with E-state index in [0.717, 1.165) is 5.70 Å². The average Bonchev–Trinajstić information content (AvgIpc) is 2.32. The molecule has 1 N–H and O–H groups in total. The standard InChI is InChI=1S/C10H17BN2O3/c1-3-8(12-4-2)5-9(10(15)6-14)13-7-16-11/h3-4,6-7,9-10,15H,5,11H2,1-2H3/b8-3-,12-4-,13-7?. The molecule has 2 atom stereocenters. The van der Waals surface area contributed by atoms with Gasteiger partial charge in [-0.2, -0.15) is 0 Å². The number of hydrogen-bond donors (Lipinski definition) is 1. The summed E-state index contributed by atoms with van der Waals surface area (Å²) in [5, 5.41) is 9.44. The molecule has 0 amide bonds. The van der Waals surface area contributed by atoms with Gasteiger partial charge in [-0.1, -0.05) is 6.08 Å². The van der Waals surface area contributed by atoms with Crippen LogP contribution in [0.3, 0.4) is 0 Å². The van der Waals surface area contributed by atoms with Crippen LogP contribution in [0.15, 0.2) is 21.8 Å². The fourth-order valence-corrected chi connectivity index (χ4v) is 1.12. The van der Waals surface area contributed by atoms with Crippen LogP contribution in [-0.4, -0.2) is 44.2 Å². The highest BCUT2D eigenvalue weighted by Gasteiger charge is 2.18. The van der Waals surface area contributed by atoms with E-state index in [1.165, 1.54) is 14.4 Å². The van der Waals surface area contributed by atoms with Gasteiger partial charge in [-0.05, 0) is 13.8 Å². The smallest absolute Gasteiger partial charge is 0.323 e. The first-order valence-corrected chi connectivity index (χ1v) is 5.01. The predicted molar refractivity (Wildman–Crippen MR) is 66.5 cm³/mol. The van der Waals surface area contributed by atoms with Crippen molar-refractivity contribution >= 4 is 27.0 Å². The molecular formula is C10H17BN2O3. The van der Waals surface area contributed by atoms with Gasteiger partial charge in [0.1, 0.15) is 6.10 Å². The highest BCUT2D eigenvalue weighted by atomic mass is 16.4. The maximum absolute atomic E-state index is 10.5. The van der Waals surface area contributed by atoms with E-state index in [2.05, 4.69) is 14.6 Å². The van der Waals surface area contributed by atoms with Crippen molar-refractivity contribution in [3.05, 3.63) is 11.8 Å². The summed E-state index contributed by atoms with van der Waals surface area (Å²) in [6, 6.07) is -0.563. The minimum atomic E-state index is -1.14. The Bertz CT molecular complexity index is 290. The lowest BCUT2D eigenvalue weighted by molar-refractivity contribution is -0.115. The van der Waals surface area contributed by atoms with Crippen LogP contribution in [0.2, 0.25) is 0 Å². The molecule has 0 spiro atoms. The summed E-state index contributed by atoms with van der Waals surface area (Å²) in [6.45, 7) is 3.64. The van der Waals surface area contributed by atoms with Crippen molar-refractivity contribution in [1.29, 1.82) is 0 Å². The first kappa shape index (κ1) is 14.6. The topological polar surface area (TPSA) is 71.2 Å². The van der Waals surface area contributed by atoms with E-state index in [1.807, 2.05) is 13.0 Å². The van der Waals surface area contributed by atoms with Crippen molar-refractivity contribution in [3.63, 3.8) is 0 Å². The Morgan fingerprint density at radius 2 is 2.25 bits per heavy atom. The Balaban J connectivity index is 4.64. The lowest BCUT2D eigenvalue weighted by Gasteiger charge is -2.14. The molecule has 0 fully saturated rings. The molecule has 16 heavy (non-hydrogen) atoms. The van der Waals surface area contributed by atoms with Gasteiger partial charge in [-0.25, -0.2) is 0 Å². The van der Waals surface area contributed by atoms with Crippen LogP contribution < -0.4 is 0 Å². The van der Waals surface area contributed by atoms with Crippen LogP contribution in [-0.2, 0) is 9.45 Å². The second-order valence-corrected chi connectivity index (χ2v) is 3.06. The van der Waals surface area contributed by atoms with Crippen LogP contribution >= 0.6 is 0 Å². The number of carbonyl (C=O) groups is 1. The molecule has 0 bridgehead atoms. The molecule has 0 radical (unpaired) electrons. The second kappa shape index (κ2) is 8.85. The quantitative estimate of drug-likeness (QED) is 0.284. The molecule has 6 heteroatoms. The summed E-state index contributed by atoms with van der Waals surface area (Å²) in [4.78, 5) is 18.6. The Hall–Kier alpha value is -1.43. The van der Waals surface area contributed by atoms with Gasteiger partial charge < -0.3 is 14.6 Å². The van der Waals surface area contributed by atoms with Crippen LogP contribution in [0.5, 0.6) is 0 Å². The van der Waals surface area contributed by atoms with E-state index in [-0.39, 0.29) is 0 Å². The van der Waals surface area contributed by atoms with Gasteiger partial charge in [0.15, 0.2) is 12.7 Å². The van der Waals surface area contributed by atoms with Crippen molar-refractivity contribution in [2.45, 2.75) is 32.4 Å². The highest BCUT2D eigenvalue weighted by Crippen LogP contribution is 2.12. The minimum absolute atomic E-state index is 0.389. The molecule has 88 valence electrons. The molecule has 0 aromatic heterocycles. The zero-order valence-corrected chi connectivity index (χ0v) is 9.83. The van der Waals surface area contributed by atoms with E-state index < -0.39 is 12.1 Å². The maximum Gasteiger partial charge on any atom is 0.323 e. The van der Waals surface area contributed by atoms with Gasteiger partial charge >= 0.3 is 8.05 Å². The van der Waals surface area contributed by atoms with E-state index in [1.54, 1.807) is 13.1 Å². The summed E-state index contributed by atoms with van der Waals surface area (Å²) in [7, 11) is 1.45. The summed E-state index contributed by atoms with van der Waals surface area (Å²) < 4.78 is 4.67. The Kier molecular flexibility index (Phi) is 8.06. The van der Waals surface area contributed by atoms with Crippen LogP contribution in [0, 0.1) is 0 Å². The minimum Gasteiger partial charge on any atom is -0.560 e. The van der Waals surface area contributed by atoms with Gasteiger partial charge in [0, 0.05) is 18.3 Å². The zero-order chi connectivity index (χ0) is 12.4. The number of aliphatic hydroxyl groups is 1. The largest absolute Gasteiger partial charge is 0.560 e. The molecule has 0 saturated heterocycles. The molecule has 0 aliphatic rings. The first-order chi connectivity index (χ1) is 7.69. The number of rotatable bonds is 7. The summed E-state index contributed by atoms with van der Waals surface area (Å²) in [5.41, 5.74) is 0.765. The fourth-order valence-electron chi connectivity index (χ4n) is 1.12. The molecule has 0 heterocycles. The third-order valence-electron chi connectivity index (χ3n) is 1.94. The number of nitrogens with zero attached hydrogens (tertiary/aromatic N) is 2. The van der Waals surface area contributed by atoms with Crippen molar-refractivity contribution in [2.24, 2.45) is 9.98 Å². The molecule has 0 aliphatic heterocycles. The van der Waals surface area contributed by atoms with Gasteiger partial charge in [0.2, 0.25) is 0 Å². The van der Waals surface area contributed by atoms with Crippen molar-refractivity contribution in [3.8, 4) is 0 Å². The summed E-state index contributed by atoms with van der Waals surface area (Å²) in [5.74, 6) is 0. The molecule has 0 aromatic carbocycles. The Morgan fingerprint density at radius 3 is 2.69 bits per heavy atom. The molecule has 0 aromatic rings. The highest BCUT2D eigenvalue weighted by molar-refractivity contribution is 6.02. The first-order valence-electron chi connectivity index (χ1n) is 5.01. The number of allylic oxidation sites excluding steroid dienone is 1. The molecule has 5 nitrogen and oxygen atoms in total. The molecule has 0 aliphatic carbocycles. The van der Waals surface area contributed by atoms with Crippen molar-refractivity contribution in [2.75, 3.05) is 0 Å². The maximum atomic E-state index is 10.5. The number of aliphatic hydroxyl groups excluding tert-OH is 1. The average molecular weight is 224 g/mol. The van der Waals surface area contributed by atoms with Crippen molar-refractivity contribution in [1.82, 2.24) is 0 Å². The van der Waals surface area contributed by atoms with Gasteiger partial charge in [0.25, 0.3) is 0 Å². The van der Waals surface area contributed by atoms with Gasteiger partial charge in [0.05, 0.1) is 6.04 Å². The molecule has 0 saturated carbocycles. The number of aldehydes is 1. The van der Waals surface area contributed by atoms with E-state index >= 15 is 0 Å². The second-order valence-electron chi connectivity index (χ2n) is 3.06. The SMILES string of the molecule is BOC=NC(CC(=C/C)/N=C\C)C(O)C=O. The number of aliphatic imine (C=N–C) groups is 2. The fraction of sp³-hybridized carbons (Fsp3) is 0.500. The summed E-state index contributed by atoms with van der Waals surface area (Å²) >= 11 is 0. The number of carbonyl (C=O) groups excluding carboxylic acids is 1. The summed E-state index contributed by atoms with van der Waals surface area (Å²) in [6.07, 6.45) is 4.38. The van der Waals surface area contributed by atoms with Crippen molar-refractivity contribution < 1.29 is 14.6 Å². The Labute approximate surface area is 96.4 Å². The van der Waals surface area contributed by atoms with E-state index in [9.17, 15) is 9.90 Å².